The molecular weight excluding hydrogens is 376 g/mol. The Morgan fingerprint density at radius 1 is 1.07 bits per heavy atom. The molecule has 3 rings (SSSR count). The summed E-state index contributed by atoms with van der Waals surface area (Å²) in [6, 6.07) is 17.4. The second kappa shape index (κ2) is 7.80. The molecule has 0 aliphatic rings. The molecule has 0 atom stereocenters. The molecular formula is C21H18N2O4S. The van der Waals surface area contributed by atoms with Crippen molar-refractivity contribution in [3.05, 3.63) is 65.7 Å². The lowest BCUT2D eigenvalue weighted by atomic mass is 9.97. The molecule has 6 nitrogen and oxygen atoms in total. The quantitative estimate of drug-likeness (QED) is 0.713. The van der Waals surface area contributed by atoms with Gasteiger partial charge in [-0.15, -0.1) is 0 Å². The molecule has 1 heterocycles. The molecule has 0 spiro atoms. The molecule has 0 aliphatic carbocycles. The fraction of sp³-hybridized carbons (Fsp3) is 0.143. The average molecular weight is 394 g/mol. The first-order valence-electron chi connectivity index (χ1n) is 8.37. The van der Waals surface area contributed by atoms with Crippen molar-refractivity contribution in [3.8, 4) is 34.3 Å². The second-order valence-corrected chi connectivity index (χ2v) is 8.22. The molecule has 2 aromatic carbocycles. The second-order valence-electron chi connectivity index (χ2n) is 6.20. The van der Waals surface area contributed by atoms with Crippen molar-refractivity contribution in [1.82, 2.24) is 4.98 Å². The van der Waals surface area contributed by atoms with Gasteiger partial charge in [-0.25, -0.2) is 13.4 Å². The monoisotopic (exact) mass is 394 g/mol. The van der Waals surface area contributed by atoms with Gasteiger partial charge in [-0.2, -0.15) is 5.26 Å². The van der Waals surface area contributed by atoms with Gasteiger partial charge in [0.15, 0.2) is 9.84 Å². The highest BCUT2D eigenvalue weighted by molar-refractivity contribution is 7.90. The zero-order chi connectivity index (χ0) is 20.3. The number of sulfone groups is 1. The molecule has 7 heteroatoms. The van der Waals surface area contributed by atoms with Crippen molar-refractivity contribution >= 4 is 9.84 Å². The Morgan fingerprint density at radius 3 is 2.18 bits per heavy atom. The van der Waals surface area contributed by atoms with Gasteiger partial charge in [0.1, 0.15) is 11.6 Å². The number of aromatic nitrogens is 1. The van der Waals surface area contributed by atoms with Gasteiger partial charge in [-0.1, -0.05) is 36.4 Å². The zero-order valence-corrected chi connectivity index (χ0v) is 16.2. The Balaban J connectivity index is 2.22. The Kier molecular flexibility index (Phi) is 5.45. The van der Waals surface area contributed by atoms with E-state index in [2.05, 4.69) is 11.1 Å². The van der Waals surface area contributed by atoms with Crippen molar-refractivity contribution in [3.63, 3.8) is 0 Å². The van der Waals surface area contributed by atoms with Gasteiger partial charge in [-0.3, -0.25) is 0 Å². The summed E-state index contributed by atoms with van der Waals surface area (Å²) >= 11 is 0. The fourth-order valence-electron chi connectivity index (χ4n) is 2.82. The van der Waals surface area contributed by atoms with E-state index >= 15 is 0 Å². The van der Waals surface area contributed by atoms with E-state index in [9.17, 15) is 18.8 Å². The number of aliphatic hydroxyl groups excluding tert-OH is 1. The number of benzene rings is 2. The predicted molar refractivity (Wildman–Crippen MR) is 105 cm³/mol. The highest BCUT2D eigenvalue weighted by Crippen LogP contribution is 2.35. The molecule has 0 unspecified atom stereocenters. The summed E-state index contributed by atoms with van der Waals surface area (Å²) in [4.78, 5) is 4.72. The van der Waals surface area contributed by atoms with Gasteiger partial charge in [0, 0.05) is 17.4 Å². The maximum absolute atomic E-state index is 11.7. The van der Waals surface area contributed by atoms with E-state index in [0.29, 0.717) is 11.3 Å². The summed E-state index contributed by atoms with van der Waals surface area (Å²) < 4.78 is 28.7. The standard InChI is InChI=1S/C21H18N2O4S/c1-27-21-17(12-22)11-19(15-7-9-18(10-8-15)28(2,25)26)20(23-21)16-5-3-14(13-24)4-6-16/h3-11,24H,13H2,1-2H3. The smallest absolute Gasteiger partial charge is 0.232 e. The Bertz CT molecular complexity index is 1150. The minimum atomic E-state index is -3.31. The van der Waals surface area contributed by atoms with Crippen molar-refractivity contribution in [2.24, 2.45) is 0 Å². The largest absolute Gasteiger partial charge is 0.480 e. The van der Waals surface area contributed by atoms with Crippen LogP contribution >= 0.6 is 0 Å². The third-order valence-electron chi connectivity index (χ3n) is 4.30. The molecule has 1 aromatic heterocycles. The topological polar surface area (TPSA) is 100 Å². The van der Waals surface area contributed by atoms with E-state index in [1.807, 2.05) is 12.1 Å². The normalized spacial score (nSPS) is 11.1. The van der Waals surface area contributed by atoms with E-state index in [-0.39, 0.29) is 22.9 Å². The van der Waals surface area contributed by atoms with Crippen LogP contribution in [0.2, 0.25) is 0 Å². The number of rotatable bonds is 5. The van der Waals surface area contributed by atoms with Crippen LogP contribution in [0.3, 0.4) is 0 Å². The number of methoxy groups -OCH3 is 1. The number of hydrogen-bond acceptors (Lipinski definition) is 6. The maximum atomic E-state index is 11.7. The van der Waals surface area contributed by atoms with Crippen molar-refractivity contribution < 1.29 is 18.3 Å². The molecule has 0 saturated heterocycles. The van der Waals surface area contributed by atoms with Gasteiger partial charge in [0.05, 0.1) is 24.3 Å². The summed E-state index contributed by atoms with van der Waals surface area (Å²) in [5.74, 6) is 0.209. The summed E-state index contributed by atoms with van der Waals surface area (Å²) in [5.41, 5.74) is 3.81. The van der Waals surface area contributed by atoms with Crippen LogP contribution in [0.25, 0.3) is 22.4 Å². The lowest BCUT2D eigenvalue weighted by molar-refractivity contribution is 0.282. The minimum Gasteiger partial charge on any atom is -0.480 e. The SMILES string of the molecule is COc1nc(-c2ccc(CO)cc2)c(-c2ccc(S(C)(=O)=O)cc2)cc1C#N. The van der Waals surface area contributed by atoms with Crippen LogP contribution in [-0.4, -0.2) is 31.9 Å². The third-order valence-corrected chi connectivity index (χ3v) is 5.43. The van der Waals surface area contributed by atoms with Crippen molar-refractivity contribution in [2.45, 2.75) is 11.5 Å². The van der Waals surface area contributed by atoms with Crippen LogP contribution in [0.15, 0.2) is 59.5 Å². The lowest BCUT2D eigenvalue weighted by Crippen LogP contribution is -1.99. The number of nitriles is 1. The highest BCUT2D eigenvalue weighted by atomic mass is 32.2. The van der Waals surface area contributed by atoms with Gasteiger partial charge in [0.25, 0.3) is 0 Å². The zero-order valence-electron chi connectivity index (χ0n) is 15.4. The van der Waals surface area contributed by atoms with Crippen LogP contribution in [0.5, 0.6) is 5.88 Å². The summed E-state index contributed by atoms with van der Waals surface area (Å²) in [7, 11) is -1.86. The Hall–Kier alpha value is -3.21. The first kappa shape index (κ1) is 19.5. The highest BCUT2D eigenvalue weighted by Gasteiger charge is 2.16. The summed E-state index contributed by atoms with van der Waals surface area (Å²) in [6.07, 6.45) is 1.15. The molecule has 0 aliphatic heterocycles. The van der Waals surface area contributed by atoms with E-state index in [4.69, 9.17) is 4.74 Å². The van der Waals surface area contributed by atoms with Crippen LogP contribution in [0, 0.1) is 11.3 Å². The Morgan fingerprint density at radius 2 is 1.68 bits per heavy atom. The van der Waals surface area contributed by atoms with Gasteiger partial charge in [-0.05, 0) is 29.3 Å². The number of nitrogens with zero attached hydrogens (tertiary/aromatic N) is 2. The minimum absolute atomic E-state index is 0.0653. The van der Waals surface area contributed by atoms with Crippen LogP contribution in [0.4, 0.5) is 0 Å². The van der Waals surface area contributed by atoms with E-state index < -0.39 is 9.84 Å². The molecule has 0 amide bonds. The molecule has 0 fully saturated rings. The lowest BCUT2D eigenvalue weighted by Gasteiger charge is -2.13. The molecule has 0 saturated carbocycles. The van der Waals surface area contributed by atoms with Crippen LogP contribution < -0.4 is 4.74 Å². The Labute approximate surface area is 163 Å². The first-order chi connectivity index (χ1) is 13.4. The summed E-state index contributed by atoms with van der Waals surface area (Å²) in [5, 5.41) is 18.7. The molecule has 142 valence electrons. The summed E-state index contributed by atoms with van der Waals surface area (Å²) in [6.45, 7) is -0.0653. The predicted octanol–water partition coefficient (Wildman–Crippen LogP) is 3.19. The van der Waals surface area contributed by atoms with Crippen molar-refractivity contribution in [2.75, 3.05) is 13.4 Å². The fourth-order valence-corrected chi connectivity index (χ4v) is 3.45. The molecule has 1 N–H and O–H groups in total. The molecule has 0 bridgehead atoms. The van der Waals surface area contributed by atoms with Gasteiger partial charge in [0.2, 0.25) is 5.88 Å². The molecule has 28 heavy (non-hydrogen) atoms. The number of hydrogen-bond donors (Lipinski definition) is 1. The van der Waals surface area contributed by atoms with E-state index in [1.54, 1.807) is 30.3 Å². The maximum Gasteiger partial charge on any atom is 0.232 e. The van der Waals surface area contributed by atoms with Gasteiger partial charge >= 0.3 is 0 Å². The van der Waals surface area contributed by atoms with E-state index in [0.717, 1.165) is 22.9 Å². The first-order valence-corrected chi connectivity index (χ1v) is 10.3. The number of ether oxygens (including phenoxy) is 1. The van der Waals surface area contributed by atoms with Crippen LogP contribution in [-0.2, 0) is 16.4 Å². The third kappa shape index (κ3) is 3.88. The van der Waals surface area contributed by atoms with E-state index in [1.165, 1.54) is 19.2 Å². The molecule has 3 aromatic rings. The van der Waals surface area contributed by atoms with Gasteiger partial charge < -0.3 is 9.84 Å². The average Bonchev–Trinajstić information content (AvgIpc) is 2.72. The number of pyridine rings is 1. The van der Waals surface area contributed by atoms with Crippen LogP contribution in [0.1, 0.15) is 11.1 Å². The van der Waals surface area contributed by atoms with Crippen molar-refractivity contribution in [1.29, 1.82) is 5.26 Å². The molecule has 0 radical (unpaired) electrons. The number of aliphatic hydroxyl groups is 1.